The summed E-state index contributed by atoms with van der Waals surface area (Å²) in [6.07, 6.45) is 0. The number of benzene rings is 1. The van der Waals surface area contributed by atoms with Crippen LogP contribution in [0.2, 0.25) is 4.34 Å². The highest BCUT2D eigenvalue weighted by molar-refractivity contribution is 7.94. The van der Waals surface area contributed by atoms with Crippen molar-refractivity contribution in [3.8, 4) is 0 Å². The molecule has 0 spiro atoms. The minimum Gasteiger partial charge on any atom is -0.313 e. The largest absolute Gasteiger partial charge is 0.313 e. The molecule has 2 aromatic rings. The van der Waals surface area contributed by atoms with Crippen molar-refractivity contribution in [2.75, 3.05) is 11.8 Å². The van der Waals surface area contributed by atoms with E-state index in [1.54, 1.807) is 25.1 Å². The second-order valence-corrected chi connectivity index (χ2v) is 8.29. The van der Waals surface area contributed by atoms with Gasteiger partial charge in [-0.1, -0.05) is 29.8 Å². The van der Waals surface area contributed by atoms with E-state index >= 15 is 0 Å². The Bertz CT molecular complexity index is 722. The van der Waals surface area contributed by atoms with Crippen molar-refractivity contribution >= 4 is 38.6 Å². The standard InChI is InChI=1S/C14H17ClN2O2S2/c1-9-8-13(20-14(9)15)21(18,19)17-12-7-5-4-6-11(12)10(2)16-3/h4-8,10,16-17H,1-3H3. The average molecular weight is 345 g/mol. The zero-order valence-corrected chi connectivity index (χ0v) is 14.4. The smallest absolute Gasteiger partial charge is 0.271 e. The van der Waals surface area contributed by atoms with Gasteiger partial charge in [0.2, 0.25) is 0 Å². The molecule has 1 aromatic heterocycles. The molecule has 7 heteroatoms. The zero-order chi connectivity index (χ0) is 15.6. The molecule has 0 aliphatic rings. The van der Waals surface area contributed by atoms with Gasteiger partial charge in [-0.3, -0.25) is 4.72 Å². The molecule has 0 fully saturated rings. The van der Waals surface area contributed by atoms with Crippen LogP contribution in [0, 0.1) is 6.92 Å². The van der Waals surface area contributed by atoms with Crippen molar-refractivity contribution < 1.29 is 8.42 Å². The molecule has 21 heavy (non-hydrogen) atoms. The first-order chi connectivity index (χ1) is 9.85. The fourth-order valence-electron chi connectivity index (χ4n) is 1.88. The Labute approximate surface area is 134 Å². The third-order valence-corrected chi connectivity index (χ3v) is 6.60. The van der Waals surface area contributed by atoms with Gasteiger partial charge in [0.25, 0.3) is 10.0 Å². The Morgan fingerprint density at radius 3 is 2.52 bits per heavy atom. The number of aryl methyl sites for hydroxylation is 1. The summed E-state index contributed by atoms with van der Waals surface area (Å²) < 4.78 is 28.3. The topological polar surface area (TPSA) is 58.2 Å². The summed E-state index contributed by atoms with van der Waals surface area (Å²) >= 11 is 7.02. The predicted octanol–water partition coefficient (Wildman–Crippen LogP) is 3.79. The molecule has 2 N–H and O–H groups in total. The fraction of sp³-hybridized carbons (Fsp3) is 0.286. The first-order valence-electron chi connectivity index (χ1n) is 6.40. The van der Waals surface area contributed by atoms with Crippen LogP contribution in [0.15, 0.2) is 34.5 Å². The summed E-state index contributed by atoms with van der Waals surface area (Å²) in [6.45, 7) is 3.76. The molecule has 0 saturated carbocycles. The van der Waals surface area contributed by atoms with Crippen LogP contribution in [-0.2, 0) is 10.0 Å². The Hall–Kier alpha value is -1.08. The molecule has 0 aliphatic carbocycles. The molecule has 0 bridgehead atoms. The number of hydrogen-bond donors (Lipinski definition) is 2. The summed E-state index contributed by atoms with van der Waals surface area (Å²) in [6, 6.07) is 8.95. The number of nitrogens with one attached hydrogen (secondary N) is 2. The minimum atomic E-state index is -3.62. The average Bonchev–Trinajstić information content (AvgIpc) is 2.79. The van der Waals surface area contributed by atoms with Crippen molar-refractivity contribution in [2.45, 2.75) is 24.1 Å². The van der Waals surface area contributed by atoms with E-state index in [2.05, 4.69) is 10.0 Å². The number of para-hydroxylation sites is 1. The molecule has 0 amide bonds. The second-order valence-electron chi connectivity index (χ2n) is 4.73. The van der Waals surface area contributed by atoms with E-state index < -0.39 is 10.0 Å². The number of halogens is 1. The Kier molecular flexibility index (Phi) is 4.93. The SMILES string of the molecule is CNC(C)c1ccccc1NS(=O)(=O)c1cc(C)c(Cl)s1. The normalized spacial score (nSPS) is 13.1. The van der Waals surface area contributed by atoms with Gasteiger partial charge >= 0.3 is 0 Å². The maximum absolute atomic E-state index is 12.5. The van der Waals surface area contributed by atoms with Crippen LogP contribution >= 0.6 is 22.9 Å². The van der Waals surface area contributed by atoms with Crippen molar-refractivity contribution in [1.29, 1.82) is 0 Å². The molecule has 114 valence electrons. The predicted molar refractivity (Wildman–Crippen MR) is 88.8 cm³/mol. The lowest BCUT2D eigenvalue weighted by atomic mass is 10.1. The molecule has 4 nitrogen and oxygen atoms in total. The number of thiophene rings is 1. The lowest BCUT2D eigenvalue weighted by molar-refractivity contribution is 0.602. The molecule has 2 rings (SSSR count). The van der Waals surface area contributed by atoms with E-state index in [0.717, 1.165) is 22.5 Å². The van der Waals surface area contributed by atoms with Crippen molar-refractivity contribution in [3.05, 3.63) is 45.8 Å². The van der Waals surface area contributed by atoms with Gasteiger partial charge in [-0.15, -0.1) is 11.3 Å². The summed E-state index contributed by atoms with van der Waals surface area (Å²) in [5, 5.41) is 3.11. The van der Waals surface area contributed by atoms with Gasteiger partial charge in [0, 0.05) is 6.04 Å². The van der Waals surface area contributed by atoms with Crippen LogP contribution in [-0.4, -0.2) is 15.5 Å². The van der Waals surface area contributed by atoms with E-state index in [0.29, 0.717) is 10.0 Å². The number of hydrogen-bond acceptors (Lipinski definition) is 4. The highest BCUT2D eigenvalue weighted by atomic mass is 35.5. The zero-order valence-electron chi connectivity index (χ0n) is 12.0. The molecule has 1 unspecified atom stereocenters. The van der Waals surface area contributed by atoms with E-state index in [9.17, 15) is 8.42 Å². The summed E-state index contributed by atoms with van der Waals surface area (Å²) in [7, 11) is -1.79. The van der Waals surface area contributed by atoms with Gasteiger partial charge in [-0.05, 0) is 44.2 Å². The van der Waals surface area contributed by atoms with E-state index in [1.165, 1.54) is 0 Å². The highest BCUT2D eigenvalue weighted by Crippen LogP contribution is 2.32. The third kappa shape index (κ3) is 3.58. The lowest BCUT2D eigenvalue weighted by Gasteiger charge is -2.16. The summed E-state index contributed by atoms with van der Waals surface area (Å²) in [5.41, 5.74) is 2.23. The maximum Gasteiger partial charge on any atom is 0.271 e. The van der Waals surface area contributed by atoms with Crippen LogP contribution < -0.4 is 10.0 Å². The van der Waals surface area contributed by atoms with Crippen LogP contribution in [0.4, 0.5) is 5.69 Å². The second kappa shape index (κ2) is 6.36. The highest BCUT2D eigenvalue weighted by Gasteiger charge is 2.20. The van der Waals surface area contributed by atoms with Crippen LogP contribution in [0.1, 0.15) is 24.1 Å². The fourth-order valence-corrected chi connectivity index (χ4v) is 4.68. The Morgan fingerprint density at radius 1 is 1.29 bits per heavy atom. The molecule has 0 aliphatic heterocycles. The number of sulfonamides is 1. The molecular weight excluding hydrogens is 328 g/mol. The van der Waals surface area contributed by atoms with Gasteiger partial charge in [0.1, 0.15) is 4.21 Å². The van der Waals surface area contributed by atoms with Crippen molar-refractivity contribution in [1.82, 2.24) is 5.32 Å². The molecule has 0 radical (unpaired) electrons. The molecule has 1 heterocycles. The van der Waals surface area contributed by atoms with Crippen LogP contribution in [0.25, 0.3) is 0 Å². The first kappa shape index (κ1) is 16.3. The van der Waals surface area contributed by atoms with Gasteiger partial charge in [-0.2, -0.15) is 0 Å². The van der Waals surface area contributed by atoms with Gasteiger partial charge < -0.3 is 5.32 Å². The Morgan fingerprint density at radius 2 is 1.95 bits per heavy atom. The van der Waals surface area contributed by atoms with Crippen molar-refractivity contribution in [2.24, 2.45) is 0 Å². The molecule has 1 atom stereocenters. The van der Waals surface area contributed by atoms with Gasteiger partial charge in [-0.25, -0.2) is 8.42 Å². The van der Waals surface area contributed by atoms with Crippen LogP contribution in [0.3, 0.4) is 0 Å². The van der Waals surface area contributed by atoms with Crippen molar-refractivity contribution in [3.63, 3.8) is 0 Å². The monoisotopic (exact) mass is 344 g/mol. The lowest BCUT2D eigenvalue weighted by Crippen LogP contribution is -2.17. The first-order valence-corrected chi connectivity index (χ1v) is 9.08. The summed E-state index contributed by atoms with van der Waals surface area (Å²) in [4.78, 5) is 0. The third-order valence-electron chi connectivity index (χ3n) is 3.20. The maximum atomic E-state index is 12.5. The number of rotatable bonds is 5. The van der Waals surface area contributed by atoms with E-state index in [-0.39, 0.29) is 10.3 Å². The van der Waals surface area contributed by atoms with Gasteiger partial charge in [0.05, 0.1) is 10.0 Å². The summed E-state index contributed by atoms with van der Waals surface area (Å²) in [5.74, 6) is 0. The van der Waals surface area contributed by atoms with E-state index in [1.807, 2.05) is 26.1 Å². The minimum absolute atomic E-state index is 0.0394. The van der Waals surface area contributed by atoms with Gasteiger partial charge in [0.15, 0.2) is 0 Å². The Balaban J connectivity index is 2.37. The van der Waals surface area contributed by atoms with Crippen LogP contribution in [0.5, 0.6) is 0 Å². The molecule has 0 saturated heterocycles. The quantitative estimate of drug-likeness (QED) is 0.867. The molecular formula is C14H17ClN2O2S2. The molecule has 1 aromatic carbocycles. The van der Waals surface area contributed by atoms with E-state index in [4.69, 9.17) is 11.6 Å². The number of anilines is 1.